The van der Waals surface area contributed by atoms with Crippen LogP contribution in [0.2, 0.25) is 0 Å². The van der Waals surface area contributed by atoms with E-state index in [-0.39, 0.29) is 0 Å². The third-order valence-corrected chi connectivity index (χ3v) is 3.35. The summed E-state index contributed by atoms with van der Waals surface area (Å²) in [6.07, 6.45) is -6.88. The molecule has 1 unspecified atom stereocenters. The molecule has 1 aromatic rings. The lowest BCUT2D eigenvalue weighted by Gasteiger charge is -2.37. The van der Waals surface area contributed by atoms with E-state index in [2.05, 4.69) is 9.78 Å². The van der Waals surface area contributed by atoms with Crippen molar-refractivity contribution in [2.75, 3.05) is 6.61 Å². The Labute approximate surface area is 149 Å². The topological polar surface area (TPSA) is 18.5 Å². The summed E-state index contributed by atoms with van der Waals surface area (Å²) in [4.78, 5) is 9.11. The highest BCUT2D eigenvalue weighted by molar-refractivity contribution is 5.24. The van der Waals surface area contributed by atoms with Gasteiger partial charge < -0.3 is 0 Å². The molecule has 27 heavy (non-hydrogen) atoms. The van der Waals surface area contributed by atoms with Crippen LogP contribution >= 0.6 is 0 Å². The van der Waals surface area contributed by atoms with Crippen molar-refractivity contribution < 1.29 is 49.3 Å². The van der Waals surface area contributed by atoms with Gasteiger partial charge >= 0.3 is 23.9 Å². The van der Waals surface area contributed by atoms with Crippen molar-refractivity contribution in [1.29, 1.82) is 0 Å². The first kappa shape index (κ1) is 23.5. The van der Waals surface area contributed by atoms with Crippen LogP contribution < -0.4 is 0 Å². The minimum Gasteiger partial charge on any atom is -0.235 e. The largest absolute Gasteiger partial charge is 0.460 e. The summed E-state index contributed by atoms with van der Waals surface area (Å²) in [5.41, 5.74) is -1.70. The molecule has 0 heterocycles. The van der Waals surface area contributed by atoms with E-state index >= 15 is 0 Å². The molecule has 1 aromatic carbocycles. The van der Waals surface area contributed by atoms with Gasteiger partial charge in [-0.3, -0.25) is 0 Å². The van der Waals surface area contributed by atoms with E-state index in [4.69, 9.17) is 0 Å². The molecule has 1 rings (SSSR count). The van der Waals surface area contributed by atoms with Gasteiger partial charge in [0.15, 0.2) is 0 Å². The highest BCUT2D eigenvalue weighted by atomic mass is 19.4. The number of rotatable bonds is 7. The van der Waals surface area contributed by atoms with Crippen LogP contribution in [0.3, 0.4) is 0 Å². The lowest BCUT2D eigenvalue weighted by molar-refractivity contribution is -0.407. The second-order valence-electron chi connectivity index (χ2n) is 6.71. The van der Waals surface area contributed by atoms with Gasteiger partial charge in [0.2, 0.25) is 0 Å². The maximum absolute atomic E-state index is 14.3. The van der Waals surface area contributed by atoms with Gasteiger partial charge in [-0.25, -0.2) is 9.78 Å². The number of halogens is 9. The molecule has 0 radical (unpaired) electrons. The molecule has 0 aliphatic heterocycles. The van der Waals surface area contributed by atoms with Crippen LogP contribution in [-0.4, -0.2) is 36.2 Å². The third-order valence-electron chi connectivity index (χ3n) is 3.35. The van der Waals surface area contributed by atoms with E-state index in [9.17, 15) is 39.5 Å². The van der Waals surface area contributed by atoms with E-state index < -0.39 is 47.6 Å². The Bertz CT molecular complexity index is 607. The van der Waals surface area contributed by atoms with E-state index in [1.165, 1.54) is 26.8 Å². The summed E-state index contributed by atoms with van der Waals surface area (Å²) in [6, 6.07) is 5.32. The number of alkyl halides is 9. The van der Waals surface area contributed by atoms with Crippen molar-refractivity contribution in [3.63, 3.8) is 0 Å². The average molecular weight is 412 g/mol. The maximum Gasteiger partial charge on any atom is 0.460 e. The summed E-state index contributed by atoms with van der Waals surface area (Å²) in [5, 5.41) is 0. The molecule has 0 spiro atoms. The molecule has 0 aliphatic rings. The maximum atomic E-state index is 14.3. The smallest absolute Gasteiger partial charge is 0.235 e. The quantitative estimate of drug-likeness (QED) is 0.311. The summed E-state index contributed by atoms with van der Waals surface area (Å²) < 4.78 is 119. The SMILES string of the molecule is CC(C)(C)OOCC(c1ccccc1)C(F)(F)C(F)(F)C(F)(F)C(F)(F)F. The van der Waals surface area contributed by atoms with Crippen LogP contribution in [0.4, 0.5) is 39.5 Å². The first-order valence-electron chi connectivity index (χ1n) is 7.51. The van der Waals surface area contributed by atoms with Gasteiger partial charge in [0.05, 0.1) is 18.1 Å². The highest BCUT2D eigenvalue weighted by Crippen LogP contribution is 2.57. The molecule has 0 amide bonds. The zero-order valence-corrected chi connectivity index (χ0v) is 14.4. The summed E-state index contributed by atoms with van der Waals surface area (Å²) >= 11 is 0. The average Bonchev–Trinajstić information content (AvgIpc) is 2.49. The summed E-state index contributed by atoms with van der Waals surface area (Å²) in [6.45, 7) is 2.84. The van der Waals surface area contributed by atoms with Crippen molar-refractivity contribution in [2.24, 2.45) is 0 Å². The minimum absolute atomic E-state index is 0.627. The lowest BCUT2D eigenvalue weighted by atomic mass is 9.86. The van der Waals surface area contributed by atoms with E-state index in [1.807, 2.05) is 0 Å². The molecule has 0 aromatic heterocycles. The van der Waals surface area contributed by atoms with E-state index in [1.54, 1.807) is 0 Å². The van der Waals surface area contributed by atoms with Gasteiger partial charge in [0.1, 0.15) is 0 Å². The van der Waals surface area contributed by atoms with Crippen molar-refractivity contribution in [1.82, 2.24) is 0 Å². The molecule has 2 nitrogen and oxygen atoms in total. The standard InChI is InChI=1S/C16H17F9O2/c1-12(2,3)27-26-9-11(10-7-5-4-6-8-10)13(17,18)14(19,20)15(21,22)16(23,24)25/h4-8,11H,9H2,1-3H3. The normalized spacial score (nSPS) is 15.7. The Morgan fingerprint density at radius 3 is 1.67 bits per heavy atom. The second kappa shape index (κ2) is 7.50. The number of hydrogen-bond donors (Lipinski definition) is 0. The Kier molecular flexibility index (Phi) is 6.54. The van der Waals surface area contributed by atoms with Gasteiger partial charge in [0, 0.05) is 0 Å². The number of hydrogen-bond acceptors (Lipinski definition) is 2. The second-order valence-corrected chi connectivity index (χ2v) is 6.71. The first-order valence-corrected chi connectivity index (χ1v) is 7.51. The van der Waals surface area contributed by atoms with Gasteiger partial charge in [0.25, 0.3) is 0 Å². The van der Waals surface area contributed by atoms with Crippen molar-refractivity contribution in [2.45, 2.75) is 56.2 Å². The Hall–Kier alpha value is -1.49. The Balaban J connectivity index is 3.33. The minimum atomic E-state index is -6.97. The van der Waals surface area contributed by atoms with E-state index in [0.29, 0.717) is 0 Å². The molecule has 0 N–H and O–H groups in total. The van der Waals surface area contributed by atoms with Crippen LogP contribution in [0.5, 0.6) is 0 Å². The monoisotopic (exact) mass is 412 g/mol. The molecular weight excluding hydrogens is 395 g/mol. The third kappa shape index (κ3) is 4.87. The first-order chi connectivity index (χ1) is 12.0. The molecular formula is C16H17F9O2. The summed E-state index contributed by atoms with van der Waals surface area (Å²) in [7, 11) is 0. The molecule has 11 heteroatoms. The zero-order chi connectivity index (χ0) is 21.3. The predicted octanol–water partition coefficient (Wildman–Crippen LogP) is 5.99. The fourth-order valence-electron chi connectivity index (χ4n) is 1.98. The molecule has 0 fully saturated rings. The molecule has 0 bridgehead atoms. The molecule has 156 valence electrons. The fraction of sp³-hybridized carbons (Fsp3) is 0.625. The van der Waals surface area contributed by atoms with Gasteiger partial charge in [-0.05, 0) is 26.3 Å². The van der Waals surface area contributed by atoms with Gasteiger partial charge in [-0.2, -0.15) is 39.5 Å². The molecule has 1 atom stereocenters. The van der Waals surface area contributed by atoms with Gasteiger partial charge in [-0.1, -0.05) is 30.3 Å². The predicted molar refractivity (Wildman–Crippen MR) is 76.9 cm³/mol. The van der Waals surface area contributed by atoms with Crippen molar-refractivity contribution >= 4 is 0 Å². The van der Waals surface area contributed by atoms with Crippen LogP contribution in [0.15, 0.2) is 30.3 Å². The Morgan fingerprint density at radius 1 is 0.778 bits per heavy atom. The van der Waals surface area contributed by atoms with Crippen LogP contribution in [-0.2, 0) is 9.78 Å². The van der Waals surface area contributed by atoms with Crippen LogP contribution in [0.1, 0.15) is 32.3 Å². The van der Waals surface area contributed by atoms with Crippen molar-refractivity contribution in [3.8, 4) is 0 Å². The summed E-state index contributed by atoms with van der Waals surface area (Å²) in [5.74, 6) is -22.4. The lowest BCUT2D eigenvalue weighted by Crippen LogP contribution is -2.63. The molecule has 0 aliphatic carbocycles. The Morgan fingerprint density at radius 2 is 1.26 bits per heavy atom. The van der Waals surface area contributed by atoms with Gasteiger partial charge in [-0.15, -0.1) is 0 Å². The van der Waals surface area contributed by atoms with Crippen LogP contribution in [0.25, 0.3) is 0 Å². The van der Waals surface area contributed by atoms with E-state index in [0.717, 1.165) is 24.3 Å². The molecule has 0 saturated heterocycles. The highest BCUT2D eigenvalue weighted by Gasteiger charge is 2.83. The number of benzene rings is 1. The fourth-order valence-corrected chi connectivity index (χ4v) is 1.98. The van der Waals surface area contributed by atoms with Crippen molar-refractivity contribution in [3.05, 3.63) is 35.9 Å². The van der Waals surface area contributed by atoms with Crippen LogP contribution in [0, 0.1) is 0 Å². The molecule has 0 saturated carbocycles. The zero-order valence-electron chi connectivity index (χ0n) is 14.4.